The van der Waals surface area contributed by atoms with E-state index in [0.29, 0.717) is 10.6 Å². The maximum absolute atomic E-state index is 11.7. The number of fused-ring (bicyclic) bond motifs is 1. The average molecular weight is 315 g/mol. The van der Waals surface area contributed by atoms with Gasteiger partial charge in [-0.2, -0.15) is 0 Å². The fourth-order valence-corrected chi connectivity index (χ4v) is 2.89. The number of benzene rings is 1. The monoisotopic (exact) mass is 314 g/mol. The van der Waals surface area contributed by atoms with E-state index in [1.54, 1.807) is 18.2 Å². The van der Waals surface area contributed by atoms with Crippen LogP contribution in [0.3, 0.4) is 0 Å². The van der Waals surface area contributed by atoms with Gasteiger partial charge < -0.3 is 24.4 Å². The molecule has 0 aliphatic carbocycles. The third-order valence-corrected chi connectivity index (χ3v) is 4.44. The Kier molecular flexibility index (Phi) is 3.37. The molecule has 0 aromatic heterocycles. The molecule has 1 aromatic carbocycles. The Hall–Kier alpha value is -1.34. The van der Waals surface area contributed by atoms with Crippen molar-refractivity contribution in [1.82, 2.24) is 0 Å². The highest BCUT2D eigenvalue weighted by Gasteiger charge is 2.62. The minimum absolute atomic E-state index is 0.524. The van der Waals surface area contributed by atoms with Crippen LogP contribution in [0.1, 0.15) is 24.2 Å². The summed E-state index contributed by atoms with van der Waals surface area (Å²) >= 11 is 6.09. The normalized spacial score (nSPS) is 38.6. The van der Waals surface area contributed by atoms with E-state index < -0.39 is 36.4 Å². The number of carbonyl (C=O) groups excluding carboxylic acids is 1. The molecule has 1 aromatic rings. The Balaban J connectivity index is 2.01. The van der Waals surface area contributed by atoms with Gasteiger partial charge in [-0.05, 0) is 31.0 Å². The highest BCUT2D eigenvalue weighted by molar-refractivity contribution is 6.31. The zero-order chi connectivity index (χ0) is 15.4. The van der Waals surface area contributed by atoms with Crippen molar-refractivity contribution < 1.29 is 29.2 Å². The molecule has 2 N–H and O–H groups in total. The van der Waals surface area contributed by atoms with Crippen LogP contribution >= 0.6 is 11.6 Å². The Morgan fingerprint density at radius 1 is 1.33 bits per heavy atom. The van der Waals surface area contributed by atoms with Crippen molar-refractivity contribution in [3.63, 3.8) is 0 Å². The molecule has 6 nitrogen and oxygen atoms in total. The summed E-state index contributed by atoms with van der Waals surface area (Å²) in [5.74, 6) is 0. The molecule has 2 heterocycles. The topological polar surface area (TPSA) is 85.2 Å². The second-order valence-corrected chi connectivity index (χ2v) is 5.88. The van der Waals surface area contributed by atoms with E-state index in [4.69, 9.17) is 25.8 Å². The van der Waals surface area contributed by atoms with Gasteiger partial charge in [0.15, 0.2) is 18.0 Å². The van der Waals surface area contributed by atoms with Gasteiger partial charge in [0.1, 0.15) is 12.2 Å². The molecule has 3 rings (SSSR count). The Labute approximate surface area is 126 Å². The Morgan fingerprint density at radius 3 is 2.71 bits per heavy atom. The van der Waals surface area contributed by atoms with Crippen molar-refractivity contribution >= 4 is 17.8 Å². The number of aliphatic hydroxyl groups excluding tert-OH is 2. The summed E-state index contributed by atoms with van der Waals surface area (Å²) < 4.78 is 15.6. The largest absolute Gasteiger partial charge is 0.509 e. The van der Waals surface area contributed by atoms with Gasteiger partial charge >= 0.3 is 6.16 Å². The molecule has 0 saturated carbocycles. The molecule has 2 aliphatic heterocycles. The quantitative estimate of drug-likeness (QED) is 0.767. The molecule has 2 aliphatic rings. The molecule has 114 valence electrons. The second-order valence-electron chi connectivity index (χ2n) is 5.48. The molecule has 0 radical (unpaired) electrons. The lowest BCUT2D eigenvalue weighted by Gasteiger charge is -2.39. The Bertz CT molecular complexity index is 591. The van der Waals surface area contributed by atoms with Crippen molar-refractivity contribution in [3.05, 3.63) is 34.3 Å². The van der Waals surface area contributed by atoms with Crippen LogP contribution in [0.2, 0.25) is 5.02 Å². The van der Waals surface area contributed by atoms with Crippen LogP contribution in [-0.2, 0) is 14.2 Å². The van der Waals surface area contributed by atoms with Crippen molar-refractivity contribution in [2.24, 2.45) is 0 Å². The lowest BCUT2D eigenvalue weighted by Crippen LogP contribution is -2.55. The number of hydrogen-bond acceptors (Lipinski definition) is 6. The summed E-state index contributed by atoms with van der Waals surface area (Å²) in [5.41, 5.74) is 0.116. The number of aryl methyl sites for hydroxylation is 1. The second kappa shape index (κ2) is 4.84. The van der Waals surface area contributed by atoms with E-state index in [2.05, 4.69) is 0 Å². The zero-order valence-electron chi connectivity index (χ0n) is 11.4. The summed E-state index contributed by atoms with van der Waals surface area (Å²) in [7, 11) is 0. The van der Waals surface area contributed by atoms with Crippen LogP contribution < -0.4 is 0 Å². The number of ether oxygens (including phenoxy) is 3. The summed E-state index contributed by atoms with van der Waals surface area (Å²) in [6, 6.07) is 5.21. The molecule has 21 heavy (non-hydrogen) atoms. The third-order valence-electron chi connectivity index (χ3n) is 4.03. The van der Waals surface area contributed by atoms with Crippen LogP contribution in [0.4, 0.5) is 4.79 Å². The maximum atomic E-state index is 11.7. The van der Waals surface area contributed by atoms with E-state index >= 15 is 0 Å². The van der Waals surface area contributed by atoms with E-state index in [9.17, 15) is 15.0 Å². The summed E-state index contributed by atoms with van der Waals surface area (Å²) in [5, 5.41) is 20.2. The molecule has 0 spiro atoms. The van der Waals surface area contributed by atoms with Gasteiger partial charge in [-0.15, -0.1) is 0 Å². The van der Waals surface area contributed by atoms with Crippen molar-refractivity contribution in [1.29, 1.82) is 0 Å². The number of hydrogen-bond donors (Lipinski definition) is 2. The summed E-state index contributed by atoms with van der Waals surface area (Å²) in [6.45, 7) is 3.35. The first kappa shape index (κ1) is 14.6. The SMILES string of the molecule is Cc1ccc([C@H]2OC(=O)O[C@]3(C)[C@@H]2OC(O)[C@@H]3O)cc1Cl. The number of rotatable bonds is 1. The summed E-state index contributed by atoms with van der Waals surface area (Å²) in [4.78, 5) is 11.7. The highest BCUT2D eigenvalue weighted by Crippen LogP contribution is 2.45. The molecule has 2 fully saturated rings. The van der Waals surface area contributed by atoms with Gasteiger partial charge in [0, 0.05) is 5.02 Å². The number of aliphatic hydroxyl groups is 2. The molecular formula is C14H15ClO6. The first-order valence-corrected chi connectivity index (χ1v) is 6.88. The zero-order valence-corrected chi connectivity index (χ0v) is 12.2. The molecule has 0 amide bonds. The van der Waals surface area contributed by atoms with Crippen molar-refractivity contribution in [2.45, 2.75) is 44.1 Å². The minimum Gasteiger partial charge on any atom is -0.423 e. The number of cyclic esters (lactones) is 1. The van der Waals surface area contributed by atoms with Crippen LogP contribution in [0.15, 0.2) is 18.2 Å². The van der Waals surface area contributed by atoms with Gasteiger partial charge in [-0.1, -0.05) is 23.7 Å². The first-order chi connectivity index (χ1) is 9.83. The van der Waals surface area contributed by atoms with Crippen molar-refractivity contribution in [2.75, 3.05) is 0 Å². The maximum Gasteiger partial charge on any atom is 0.509 e. The smallest absolute Gasteiger partial charge is 0.423 e. The van der Waals surface area contributed by atoms with Crippen LogP contribution in [-0.4, -0.2) is 40.5 Å². The van der Waals surface area contributed by atoms with Crippen LogP contribution in [0.5, 0.6) is 0 Å². The van der Waals surface area contributed by atoms with Gasteiger partial charge in [-0.25, -0.2) is 4.79 Å². The van der Waals surface area contributed by atoms with Crippen LogP contribution in [0, 0.1) is 6.92 Å². The number of carbonyl (C=O) groups is 1. The van der Waals surface area contributed by atoms with Gasteiger partial charge in [0.25, 0.3) is 0 Å². The predicted molar refractivity (Wildman–Crippen MR) is 71.8 cm³/mol. The fourth-order valence-electron chi connectivity index (χ4n) is 2.70. The molecule has 5 atom stereocenters. The fraction of sp³-hybridized carbons (Fsp3) is 0.500. The van der Waals surface area contributed by atoms with Gasteiger partial charge in [0.05, 0.1) is 0 Å². The molecule has 0 bridgehead atoms. The minimum atomic E-state index is -1.45. The highest BCUT2D eigenvalue weighted by atomic mass is 35.5. The summed E-state index contributed by atoms with van der Waals surface area (Å²) in [6.07, 6.45) is -5.37. The molecule has 1 unspecified atom stereocenters. The molecule has 7 heteroatoms. The Morgan fingerprint density at radius 2 is 2.05 bits per heavy atom. The molecular weight excluding hydrogens is 300 g/mol. The average Bonchev–Trinajstić information content (AvgIpc) is 2.64. The van der Waals surface area contributed by atoms with E-state index in [1.165, 1.54) is 6.92 Å². The lowest BCUT2D eigenvalue weighted by molar-refractivity contribution is -0.186. The first-order valence-electron chi connectivity index (χ1n) is 6.50. The predicted octanol–water partition coefficient (Wildman–Crippen LogP) is 1.69. The molecule has 2 saturated heterocycles. The van der Waals surface area contributed by atoms with E-state index in [0.717, 1.165) is 5.56 Å². The third kappa shape index (κ3) is 2.19. The van der Waals surface area contributed by atoms with E-state index in [1.807, 2.05) is 6.92 Å². The van der Waals surface area contributed by atoms with Gasteiger partial charge in [0.2, 0.25) is 0 Å². The standard InChI is InChI=1S/C14H15ClO6/c1-6-3-4-7(5-8(6)15)9-11-14(2,21-13(18)19-9)10(16)12(17)20-11/h3-5,9-12,16-17H,1-2H3/t9-,10+,11-,12?,14+/m1/s1. The van der Waals surface area contributed by atoms with Crippen LogP contribution in [0.25, 0.3) is 0 Å². The van der Waals surface area contributed by atoms with E-state index in [-0.39, 0.29) is 0 Å². The lowest BCUT2D eigenvalue weighted by atomic mass is 9.87. The van der Waals surface area contributed by atoms with Gasteiger partial charge in [-0.3, -0.25) is 0 Å². The number of halogens is 1. The van der Waals surface area contributed by atoms with Crippen molar-refractivity contribution in [3.8, 4) is 0 Å².